The summed E-state index contributed by atoms with van der Waals surface area (Å²) in [5.41, 5.74) is 0.0778. The molecule has 4 nitrogen and oxygen atoms in total. The predicted molar refractivity (Wildman–Crippen MR) is 66.8 cm³/mol. The van der Waals surface area contributed by atoms with Gasteiger partial charge >= 0.3 is 0 Å². The Bertz CT molecular complexity index is 276. The lowest BCUT2D eigenvalue weighted by molar-refractivity contribution is -0.134. The zero-order valence-corrected chi connectivity index (χ0v) is 11.0. The van der Waals surface area contributed by atoms with Gasteiger partial charge in [0.2, 0.25) is 5.91 Å². The highest BCUT2D eigenvalue weighted by Crippen LogP contribution is 2.37. The molecule has 17 heavy (non-hydrogen) atoms. The van der Waals surface area contributed by atoms with Crippen LogP contribution >= 0.6 is 0 Å². The number of methoxy groups -OCH3 is 1. The molecule has 2 aliphatic rings. The Kier molecular flexibility index (Phi) is 3.73. The summed E-state index contributed by atoms with van der Waals surface area (Å²) in [5.74, 6) is 0.139. The molecular formula is C13H24N2O2. The summed E-state index contributed by atoms with van der Waals surface area (Å²) in [6, 6.07) is 0. The number of nitrogens with one attached hydrogen (secondary N) is 2. The van der Waals surface area contributed by atoms with Gasteiger partial charge in [-0.1, -0.05) is 6.92 Å². The molecule has 0 radical (unpaired) electrons. The van der Waals surface area contributed by atoms with Crippen LogP contribution in [0.5, 0.6) is 0 Å². The van der Waals surface area contributed by atoms with Gasteiger partial charge in [-0.25, -0.2) is 0 Å². The van der Waals surface area contributed by atoms with Crippen LogP contribution in [0.25, 0.3) is 0 Å². The lowest BCUT2D eigenvalue weighted by atomic mass is 9.77. The summed E-state index contributed by atoms with van der Waals surface area (Å²) < 4.78 is 5.47. The first-order valence-corrected chi connectivity index (χ1v) is 6.60. The summed E-state index contributed by atoms with van der Waals surface area (Å²) in [6.07, 6.45) is 4.89. The highest BCUT2D eigenvalue weighted by atomic mass is 16.5. The molecule has 1 saturated carbocycles. The van der Waals surface area contributed by atoms with Crippen LogP contribution in [0.1, 0.15) is 39.0 Å². The second kappa shape index (κ2) is 4.94. The van der Waals surface area contributed by atoms with Crippen LogP contribution in [-0.2, 0) is 9.53 Å². The van der Waals surface area contributed by atoms with Crippen molar-refractivity contribution in [3.05, 3.63) is 0 Å². The van der Waals surface area contributed by atoms with Crippen molar-refractivity contribution >= 4 is 5.91 Å². The lowest BCUT2D eigenvalue weighted by Crippen LogP contribution is -2.45. The van der Waals surface area contributed by atoms with Crippen LogP contribution in [0.4, 0.5) is 0 Å². The maximum atomic E-state index is 11.9. The number of ether oxygens (including phenoxy) is 1. The molecule has 2 rings (SSSR count). The first-order chi connectivity index (χ1) is 8.08. The minimum atomic E-state index is -0.154. The van der Waals surface area contributed by atoms with E-state index in [1.807, 2.05) is 0 Å². The van der Waals surface area contributed by atoms with Crippen LogP contribution in [0.15, 0.2) is 0 Å². The molecule has 0 aromatic carbocycles. The Morgan fingerprint density at radius 2 is 2.18 bits per heavy atom. The minimum absolute atomic E-state index is 0.139. The van der Waals surface area contributed by atoms with Gasteiger partial charge in [0.15, 0.2) is 0 Å². The van der Waals surface area contributed by atoms with E-state index in [1.54, 1.807) is 7.11 Å². The number of carbonyl (C=O) groups is 1. The first-order valence-electron chi connectivity index (χ1n) is 6.60. The SMILES string of the molecule is COC1(CC(=O)NCC2(C)CCNC2)CCC1. The van der Waals surface area contributed by atoms with E-state index in [-0.39, 0.29) is 16.9 Å². The molecule has 0 spiro atoms. The summed E-state index contributed by atoms with van der Waals surface area (Å²) >= 11 is 0. The molecule has 0 aromatic rings. The van der Waals surface area contributed by atoms with Crippen LogP contribution in [-0.4, -0.2) is 38.3 Å². The Balaban J connectivity index is 1.74. The summed E-state index contributed by atoms with van der Waals surface area (Å²) in [4.78, 5) is 11.9. The first kappa shape index (κ1) is 12.8. The zero-order valence-electron chi connectivity index (χ0n) is 11.0. The van der Waals surface area contributed by atoms with Gasteiger partial charge in [0, 0.05) is 20.2 Å². The number of amides is 1. The third kappa shape index (κ3) is 2.99. The van der Waals surface area contributed by atoms with E-state index in [1.165, 1.54) is 6.42 Å². The van der Waals surface area contributed by atoms with Gasteiger partial charge in [0.25, 0.3) is 0 Å². The molecule has 4 heteroatoms. The van der Waals surface area contributed by atoms with Crippen LogP contribution in [0.2, 0.25) is 0 Å². The zero-order chi connectivity index (χ0) is 12.4. The van der Waals surface area contributed by atoms with Crippen molar-refractivity contribution in [3.63, 3.8) is 0 Å². The van der Waals surface area contributed by atoms with Gasteiger partial charge in [-0.2, -0.15) is 0 Å². The van der Waals surface area contributed by atoms with Crippen molar-refractivity contribution < 1.29 is 9.53 Å². The molecule has 0 bridgehead atoms. The normalized spacial score (nSPS) is 30.9. The Labute approximate surface area is 103 Å². The fraction of sp³-hybridized carbons (Fsp3) is 0.923. The standard InChI is InChI=1S/C13H24N2O2/c1-12(6-7-14-9-12)10-15-11(16)8-13(17-2)4-3-5-13/h14H,3-10H2,1-2H3,(H,15,16). The monoisotopic (exact) mass is 240 g/mol. The Morgan fingerprint density at radius 1 is 1.41 bits per heavy atom. The van der Waals surface area contributed by atoms with Crippen molar-refractivity contribution in [1.29, 1.82) is 0 Å². The maximum Gasteiger partial charge on any atom is 0.222 e. The quantitative estimate of drug-likeness (QED) is 0.755. The smallest absolute Gasteiger partial charge is 0.222 e. The van der Waals surface area contributed by atoms with E-state index in [2.05, 4.69) is 17.6 Å². The Hall–Kier alpha value is -0.610. The highest BCUT2D eigenvalue weighted by molar-refractivity contribution is 5.77. The minimum Gasteiger partial charge on any atom is -0.378 e. The molecule has 2 fully saturated rings. The van der Waals surface area contributed by atoms with Crippen molar-refractivity contribution in [2.24, 2.45) is 5.41 Å². The van der Waals surface area contributed by atoms with E-state index in [9.17, 15) is 4.79 Å². The molecular weight excluding hydrogens is 216 g/mol. The van der Waals surface area contributed by atoms with Gasteiger partial charge in [-0.15, -0.1) is 0 Å². The number of hydrogen-bond acceptors (Lipinski definition) is 3. The highest BCUT2D eigenvalue weighted by Gasteiger charge is 2.39. The van der Waals surface area contributed by atoms with Gasteiger partial charge < -0.3 is 15.4 Å². The number of hydrogen-bond donors (Lipinski definition) is 2. The van der Waals surface area contributed by atoms with Crippen molar-refractivity contribution in [2.45, 2.75) is 44.6 Å². The molecule has 1 aliphatic heterocycles. The van der Waals surface area contributed by atoms with Gasteiger partial charge in [-0.05, 0) is 37.6 Å². The van der Waals surface area contributed by atoms with E-state index < -0.39 is 0 Å². The summed E-state index contributed by atoms with van der Waals surface area (Å²) in [7, 11) is 1.72. The van der Waals surface area contributed by atoms with Crippen LogP contribution < -0.4 is 10.6 Å². The molecule has 1 saturated heterocycles. The van der Waals surface area contributed by atoms with E-state index in [4.69, 9.17) is 4.74 Å². The third-order valence-corrected chi connectivity index (χ3v) is 4.35. The van der Waals surface area contributed by atoms with E-state index in [0.29, 0.717) is 6.42 Å². The molecule has 1 atom stereocenters. The average molecular weight is 240 g/mol. The maximum absolute atomic E-state index is 11.9. The van der Waals surface area contributed by atoms with Gasteiger partial charge in [-0.3, -0.25) is 4.79 Å². The lowest BCUT2D eigenvalue weighted by Gasteiger charge is -2.40. The van der Waals surface area contributed by atoms with Gasteiger partial charge in [0.1, 0.15) is 0 Å². The summed E-state index contributed by atoms with van der Waals surface area (Å²) in [5, 5.41) is 6.41. The van der Waals surface area contributed by atoms with Crippen molar-refractivity contribution in [3.8, 4) is 0 Å². The fourth-order valence-corrected chi connectivity index (χ4v) is 2.71. The van der Waals surface area contributed by atoms with E-state index in [0.717, 1.165) is 38.9 Å². The van der Waals surface area contributed by atoms with Crippen LogP contribution in [0.3, 0.4) is 0 Å². The number of carbonyl (C=O) groups excluding carboxylic acids is 1. The molecule has 1 unspecified atom stereocenters. The predicted octanol–water partition coefficient (Wildman–Crippen LogP) is 1.06. The largest absolute Gasteiger partial charge is 0.378 e. The molecule has 2 N–H and O–H groups in total. The molecule has 1 aliphatic carbocycles. The Morgan fingerprint density at radius 3 is 2.65 bits per heavy atom. The summed E-state index contributed by atoms with van der Waals surface area (Å²) in [6.45, 7) is 5.07. The fourth-order valence-electron chi connectivity index (χ4n) is 2.71. The third-order valence-electron chi connectivity index (χ3n) is 4.35. The topological polar surface area (TPSA) is 50.4 Å². The van der Waals surface area contributed by atoms with Crippen molar-refractivity contribution in [2.75, 3.05) is 26.7 Å². The number of rotatable bonds is 5. The molecule has 1 heterocycles. The van der Waals surface area contributed by atoms with E-state index >= 15 is 0 Å². The second-order valence-electron chi connectivity index (χ2n) is 5.93. The van der Waals surface area contributed by atoms with Crippen LogP contribution in [0, 0.1) is 5.41 Å². The molecule has 1 amide bonds. The van der Waals surface area contributed by atoms with Crippen molar-refractivity contribution in [1.82, 2.24) is 10.6 Å². The average Bonchev–Trinajstić information content (AvgIpc) is 2.69. The molecule has 0 aromatic heterocycles. The van der Waals surface area contributed by atoms with Gasteiger partial charge in [0.05, 0.1) is 12.0 Å². The molecule has 98 valence electrons. The second-order valence-corrected chi connectivity index (χ2v) is 5.93.